The van der Waals surface area contributed by atoms with Crippen molar-refractivity contribution in [2.45, 2.75) is 19.4 Å². The molecule has 0 radical (unpaired) electrons. The van der Waals surface area contributed by atoms with E-state index in [4.69, 9.17) is 9.84 Å². The Morgan fingerprint density at radius 3 is 2.85 bits per heavy atom. The maximum atomic E-state index is 8.68. The third-order valence-electron chi connectivity index (χ3n) is 3.68. The Morgan fingerprint density at radius 2 is 2.15 bits per heavy atom. The molecule has 1 heterocycles. The minimum absolute atomic E-state index is 0.0869. The van der Waals surface area contributed by atoms with Crippen molar-refractivity contribution in [1.82, 2.24) is 4.90 Å². The average Bonchev–Trinajstić information content (AvgIpc) is 2.47. The van der Waals surface area contributed by atoms with Gasteiger partial charge in [-0.3, -0.25) is 4.90 Å². The van der Waals surface area contributed by atoms with E-state index in [1.54, 1.807) is 7.11 Å². The smallest absolute Gasteiger partial charge is 0.104 e. The van der Waals surface area contributed by atoms with E-state index in [9.17, 15) is 0 Å². The molecule has 1 aliphatic rings. The number of hydrogen-bond acceptors (Lipinski definition) is 3. The summed E-state index contributed by atoms with van der Waals surface area (Å²) in [7, 11) is 1.78. The summed E-state index contributed by atoms with van der Waals surface area (Å²) in [6.07, 6.45) is 2.54. The molecule has 0 aromatic heterocycles. The van der Waals surface area contributed by atoms with E-state index in [0.717, 1.165) is 25.3 Å². The summed E-state index contributed by atoms with van der Waals surface area (Å²) in [4.78, 5) is 2.50. The Bertz CT molecular complexity index is 456. The third kappa shape index (κ3) is 4.64. The molecule has 108 valence electrons. The number of nitrogens with zero attached hydrogens (tertiary/aromatic N) is 1. The molecule has 0 aliphatic carbocycles. The van der Waals surface area contributed by atoms with E-state index >= 15 is 0 Å². The molecule has 3 heteroatoms. The van der Waals surface area contributed by atoms with E-state index in [1.807, 2.05) is 12.1 Å². The second-order valence-corrected chi connectivity index (χ2v) is 5.36. The molecule has 0 spiro atoms. The Kier molecular flexibility index (Phi) is 6.07. The van der Waals surface area contributed by atoms with Gasteiger partial charge < -0.3 is 9.84 Å². The van der Waals surface area contributed by atoms with Crippen LogP contribution in [0.2, 0.25) is 0 Å². The van der Waals surface area contributed by atoms with Gasteiger partial charge in [-0.2, -0.15) is 0 Å². The Balaban J connectivity index is 1.89. The number of hydrogen-bond donors (Lipinski definition) is 1. The highest BCUT2D eigenvalue weighted by atomic mass is 16.5. The van der Waals surface area contributed by atoms with Gasteiger partial charge in [0.15, 0.2) is 0 Å². The minimum atomic E-state index is -0.0869. The second kappa shape index (κ2) is 8.06. The van der Waals surface area contributed by atoms with Crippen LogP contribution in [-0.4, -0.2) is 43.4 Å². The lowest BCUT2D eigenvalue weighted by molar-refractivity contribution is 0.0874. The lowest BCUT2D eigenvalue weighted by Gasteiger charge is -2.32. The Morgan fingerprint density at radius 1 is 1.35 bits per heavy atom. The van der Waals surface area contributed by atoms with Crippen molar-refractivity contribution < 1.29 is 9.84 Å². The molecule has 1 unspecified atom stereocenters. The summed E-state index contributed by atoms with van der Waals surface area (Å²) in [5.74, 6) is 6.26. The van der Waals surface area contributed by atoms with Gasteiger partial charge in [-0.15, -0.1) is 0 Å². The molecule has 1 aromatic carbocycles. The van der Waals surface area contributed by atoms with Crippen LogP contribution in [0.5, 0.6) is 0 Å². The standard InChI is InChI=1S/C17H23NO2/c1-20-14-17-4-2-10-18(13-17)12-16-8-6-15(7-9-16)5-3-11-19/h6-9,17,19H,2,4,10-14H2,1H3. The first-order valence-corrected chi connectivity index (χ1v) is 7.22. The van der Waals surface area contributed by atoms with Crippen LogP contribution in [0.4, 0.5) is 0 Å². The zero-order valence-electron chi connectivity index (χ0n) is 12.1. The van der Waals surface area contributed by atoms with Gasteiger partial charge in [0.1, 0.15) is 6.61 Å². The number of ether oxygens (including phenoxy) is 1. The summed E-state index contributed by atoms with van der Waals surface area (Å²) in [6, 6.07) is 8.30. The molecule has 1 aromatic rings. The molecule has 1 fully saturated rings. The van der Waals surface area contributed by atoms with Crippen LogP contribution in [0.25, 0.3) is 0 Å². The van der Waals surface area contributed by atoms with Crippen LogP contribution in [0, 0.1) is 17.8 Å². The number of rotatable bonds is 4. The molecular weight excluding hydrogens is 250 g/mol. The van der Waals surface area contributed by atoms with Gasteiger partial charge in [-0.05, 0) is 43.0 Å². The average molecular weight is 273 g/mol. The molecule has 0 amide bonds. The number of aliphatic hydroxyl groups is 1. The van der Waals surface area contributed by atoms with Gasteiger partial charge in [0, 0.05) is 25.8 Å². The Labute approximate surface area is 121 Å². The van der Waals surface area contributed by atoms with Crippen molar-refractivity contribution in [2.75, 3.05) is 33.4 Å². The molecule has 1 atom stereocenters. The molecule has 0 saturated carbocycles. The Hall–Kier alpha value is -1.34. The fourth-order valence-corrected chi connectivity index (χ4v) is 2.76. The molecule has 20 heavy (non-hydrogen) atoms. The van der Waals surface area contributed by atoms with E-state index in [0.29, 0.717) is 5.92 Å². The number of methoxy groups -OCH3 is 1. The molecular formula is C17H23NO2. The maximum Gasteiger partial charge on any atom is 0.104 e. The van der Waals surface area contributed by atoms with Crippen molar-refractivity contribution in [2.24, 2.45) is 5.92 Å². The summed E-state index contributed by atoms with van der Waals surface area (Å²) < 4.78 is 5.27. The summed E-state index contributed by atoms with van der Waals surface area (Å²) in [6.45, 7) is 4.07. The fraction of sp³-hybridized carbons (Fsp3) is 0.529. The zero-order chi connectivity index (χ0) is 14.2. The largest absolute Gasteiger partial charge is 0.384 e. The highest BCUT2D eigenvalue weighted by Crippen LogP contribution is 2.18. The van der Waals surface area contributed by atoms with Crippen molar-refractivity contribution in [3.63, 3.8) is 0 Å². The topological polar surface area (TPSA) is 32.7 Å². The summed E-state index contributed by atoms with van der Waals surface area (Å²) >= 11 is 0. The van der Waals surface area contributed by atoms with Crippen LogP contribution in [0.15, 0.2) is 24.3 Å². The predicted molar refractivity (Wildman–Crippen MR) is 80.3 cm³/mol. The number of aliphatic hydroxyl groups excluding tert-OH is 1. The SMILES string of the molecule is COCC1CCCN(Cc2ccc(C#CCO)cc2)C1. The monoisotopic (exact) mass is 273 g/mol. The van der Waals surface area contributed by atoms with Gasteiger partial charge in [0.05, 0.1) is 6.61 Å². The molecule has 0 bridgehead atoms. The number of likely N-dealkylation sites (tertiary alicyclic amines) is 1. The van der Waals surface area contributed by atoms with E-state index < -0.39 is 0 Å². The minimum Gasteiger partial charge on any atom is -0.384 e. The van der Waals surface area contributed by atoms with Crippen LogP contribution in [-0.2, 0) is 11.3 Å². The first-order valence-electron chi connectivity index (χ1n) is 7.22. The van der Waals surface area contributed by atoms with Gasteiger partial charge in [-0.25, -0.2) is 0 Å². The highest BCUT2D eigenvalue weighted by Gasteiger charge is 2.19. The predicted octanol–water partition coefficient (Wildman–Crippen LogP) is 1.89. The summed E-state index contributed by atoms with van der Waals surface area (Å²) in [5, 5.41) is 8.68. The van der Waals surface area contributed by atoms with Crippen LogP contribution in [0.3, 0.4) is 0 Å². The second-order valence-electron chi connectivity index (χ2n) is 5.36. The van der Waals surface area contributed by atoms with Crippen molar-refractivity contribution in [3.05, 3.63) is 35.4 Å². The quantitative estimate of drug-likeness (QED) is 0.850. The van der Waals surface area contributed by atoms with Gasteiger partial charge in [0.25, 0.3) is 0 Å². The normalized spacial score (nSPS) is 19.4. The lowest BCUT2D eigenvalue weighted by atomic mass is 9.98. The zero-order valence-corrected chi connectivity index (χ0v) is 12.1. The van der Waals surface area contributed by atoms with Crippen molar-refractivity contribution in [3.8, 4) is 11.8 Å². The molecule has 1 N–H and O–H groups in total. The van der Waals surface area contributed by atoms with E-state index in [1.165, 1.54) is 24.9 Å². The van der Waals surface area contributed by atoms with Crippen LogP contribution < -0.4 is 0 Å². The molecule has 3 nitrogen and oxygen atoms in total. The molecule has 2 rings (SSSR count). The van der Waals surface area contributed by atoms with Gasteiger partial charge >= 0.3 is 0 Å². The number of benzene rings is 1. The van der Waals surface area contributed by atoms with Gasteiger partial charge in [-0.1, -0.05) is 24.0 Å². The van der Waals surface area contributed by atoms with Gasteiger partial charge in [0.2, 0.25) is 0 Å². The van der Waals surface area contributed by atoms with Crippen molar-refractivity contribution >= 4 is 0 Å². The van der Waals surface area contributed by atoms with E-state index in [2.05, 4.69) is 28.9 Å². The van der Waals surface area contributed by atoms with E-state index in [-0.39, 0.29) is 6.61 Å². The first-order chi connectivity index (χ1) is 9.81. The highest BCUT2D eigenvalue weighted by molar-refractivity contribution is 5.36. The van der Waals surface area contributed by atoms with Crippen LogP contribution >= 0.6 is 0 Å². The van der Waals surface area contributed by atoms with Crippen molar-refractivity contribution in [1.29, 1.82) is 0 Å². The molecule has 1 saturated heterocycles. The van der Waals surface area contributed by atoms with Crippen LogP contribution in [0.1, 0.15) is 24.0 Å². The molecule has 1 aliphatic heterocycles. The number of piperidine rings is 1. The fourth-order valence-electron chi connectivity index (χ4n) is 2.76. The first kappa shape index (κ1) is 15.1. The lowest BCUT2D eigenvalue weighted by Crippen LogP contribution is -2.36. The maximum absolute atomic E-state index is 8.68. The third-order valence-corrected chi connectivity index (χ3v) is 3.68. The summed E-state index contributed by atoms with van der Waals surface area (Å²) in [5.41, 5.74) is 2.27.